The molecule has 2 N–H and O–H groups in total. The third-order valence-corrected chi connectivity index (χ3v) is 8.37. The van der Waals surface area contributed by atoms with Gasteiger partial charge in [-0.1, -0.05) is 51.4 Å². The second-order valence-electron chi connectivity index (χ2n) is 11.3. The highest BCUT2D eigenvalue weighted by atomic mass is 35.5. The molecule has 1 aromatic carbocycles. The van der Waals surface area contributed by atoms with Crippen LogP contribution in [-0.4, -0.2) is 60.8 Å². The van der Waals surface area contributed by atoms with Gasteiger partial charge in [-0.15, -0.1) is 11.3 Å². The Morgan fingerprint density at radius 3 is 2.50 bits per heavy atom. The molecule has 196 valence electrons. The molecule has 0 radical (unpaired) electrons. The maximum absolute atomic E-state index is 13.3. The zero-order chi connectivity index (χ0) is 26.1. The van der Waals surface area contributed by atoms with Crippen LogP contribution in [0.15, 0.2) is 24.3 Å². The average molecular weight is 535 g/mol. The molecule has 4 rings (SSSR count). The number of nitrogens with zero attached hydrogens (tertiary/aromatic N) is 1. The number of amides is 1. The molecule has 1 saturated heterocycles. The van der Waals surface area contributed by atoms with E-state index in [0.717, 1.165) is 24.1 Å². The van der Waals surface area contributed by atoms with Crippen LogP contribution < -0.4 is 10.1 Å². The molecule has 2 aromatic rings. The fourth-order valence-corrected chi connectivity index (χ4v) is 7.36. The molecule has 1 aliphatic heterocycles. The van der Waals surface area contributed by atoms with E-state index in [9.17, 15) is 9.59 Å². The van der Waals surface area contributed by atoms with Gasteiger partial charge in [-0.05, 0) is 47.8 Å². The zero-order valence-electron chi connectivity index (χ0n) is 21.4. The van der Waals surface area contributed by atoms with Gasteiger partial charge in [0.2, 0.25) is 0 Å². The number of morpholine rings is 1. The monoisotopic (exact) mass is 534 g/mol. The van der Waals surface area contributed by atoms with E-state index in [1.165, 1.54) is 17.8 Å². The molecule has 0 atom stereocenters. The molecule has 2 fully saturated rings. The number of carbonyl (C=O) groups is 2. The highest BCUT2D eigenvalue weighted by Crippen LogP contribution is 2.48. The molecular weight excluding hydrogens is 500 g/mol. The Labute approximate surface area is 221 Å². The third-order valence-electron chi connectivity index (χ3n) is 6.69. The maximum atomic E-state index is 13.3. The van der Waals surface area contributed by atoms with Crippen molar-refractivity contribution in [1.29, 1.82) is 0 Å². The van der Waals surface area contributed by atoms with Crippen LogP contribution in [0, 0.1) is 10.8 Å². The van der Waals surface area contributed by atoms with Gasteiger partial charge in [0.15, 0.2) is 12.4 Å². The zero-order valence-corrected chi connectivity index (χ0v) is 22.9. The number of hydrogen-bond acceptors (Lipinski definition) is 6. The van der Waals surface area contributed by atoms with Crippen LogP contribution in [0.2, 0.25) is 5.02 Å². The number of ether oxygens (including phenoxy) is 2. The predicted octanol–water partition coefficient (Wildman–Crippen LogP) is 6.02. The van der Waals surface area contributed by atoms with Gasteiger partial charge in [-0.2, -0.15) is 0 Å². The Balaban J connectivity index is 1.63. The van der Waals surface area contributed by atoms with Crippen LogP contribution in [0.3, 0.4) is 0 Å². The standard InChI is InChI=1S/C27H35ClN2O5S/c1-26(2)13-19(14-27(3,4)16-26)29-18-7-5-6-17(12-18)23-21(28)22(35-15-20(31)32)24(36-23)25(33)30-8-10-34-11-9-30/h5-7,12,19,29H,8-11,13-16H2,1-4H3,(H,31,32). The van der Waals surface area contributed by atoms with Gasteiger partial charge >= 0.3 is 5.97 Å². The molecule has 1 aliphatic carbocycles. The number of halogens is 1. The molecular formula is C27H35ClN2O5S. The first-order valence-corrected chi connectivity index (χ1v) is 13.5. The second kappa shape index (κ2) is 10.6. The number of carboxylic acid groups (broad SMARTS) is 1. The Morgan fingerprint density at radius 2 is 1.86 bits per heavy atom. The Kier molecular flexibility index (Phi) is 7.88. The fraction of sp³-hybridized carbons (Fsp3) is 0.556. The van der Waals surface area contributed by atoms with Crippen molar-refractivity contribution < 1.29 is 24.2 Å². The van der Waals surface area contributed by atoms with Gasteiger partial charge in [-0.25, -0.2) is 4.79 Å². The Morgan fingerprint density at radius 1 is 1.19 bits per heavy atom. The van der Waals surface area contributed by atoms with Crippen molar-refractivity contribution in [3.63, 3.8) is 0 Å². The number of hydrogen-bond donors (Lipinski definition) is 2. The van der Waals surface area contributed by atoms with Crippen molar-refractivity contribution in [2.45, 2.75) is 53.0 Å². The van der Waals surface area contributed by atoms with Crippen molar-refractivity contribution in [2.24, 2.45) is 10.8 Å². The van der Waals surface area contributed by atoms with Crippen LogP contribution in [-0.2, 0) is 9.53 Å². The van der Waals surface area contributed by atoms with E-state index >= 15 is 0 Å². The summed E-state index contributed by atoms with van der Waals surface area (Å²) in [4.78, 5) is 27.2. The van der Waals surface area contributed by atoms with Gasteiger partial charge < -0.3 is 24.8 Å². The number of benzene rings is 1. The Hall–Kier alpha value is -2.29. The smallest absolute Gasteiger partial charge is 0.341 e. The summed E-state index contributed by atoms with van der Waals surface area (Å²) in [5.74, 6) is -1.23. The molecule has 1 aromatic heterocycles. The van der Waals surface area contributed by atoms with E-state index in [0.29, 0.717) is 42.1 Å². The van der Waals surface area contributed by atoms with Crippen LogP contribution in [0.4, 0.5) is 5.69 Å². The van der Waals surface area contributed by atoms with E-state index in [2.05, 4.69) is 33.0 Å². The highest BCUT2D eigenvalue weighted by molar-refractivity contribution is 7.18. The lowest BCUT2D eigenvalue weighted by molar-refractivity contribution is -0.139. The van der Waals surface area contributed by atoms with E-state index < -0.39 is 12.6 Å². The molecule has 2 heterocycles. The first kappa shape index (κ1) is 26.8. The third kappa shape index (κ3) is 6.33. The van der Waals surface area contributed by atoms with Crippen molar-refractivity contribution in [2.75, 3.05) is 38.2 Å². The summed E-state index contributed by atoms with van der Waals surface area (Å²) in [5.41, 5.74) is 2.37. The lowest BCUT2D eigenvalue weighted by Crippen LogP contribution is -2.40. The summed E-state index contributed by atoms with van der Waals surface area (Å²) in [6.07, 6.45) is 3.37. The molecule has 0 unspecified atom stereocenters. The summed E-state index contributed by atoms with van der Waals surface area (Å²) in [7, 11) is 0. The van der Waals surface area contributed by atoms with Crippen LogP contribution in [0.5, 0.6) is 5.75 Å². The first-order valence-electron chi connectivity index (χ1n) is 12.3. The number of carbonyl (C=O) groups excluding carboxylic acids is 1. The van der Waals surface area contributed by atoms with Crippen LogP contribution in [0.25, 0.3) is 10.4 Å². The van der Waals surface area contributed by atoms with E-state index in [1.54, 1.807) is 4.90 Å². The molecule has 1 amide bonds. The van der Waals surface area contributed by atoms with Crippen molar-refractivity contribution in [3.05, 3.63) is 34.2 Å². The lowest BCUT2D eigenvalue weighted by Gasteiger charge is -2.45. The van der Waals surface area contributed by atoms with E-state index in [1.807, 2.05) is 24.3 Å². The minimum atomic E-state index is -1.13. The molecule has 36 heavy (non-hydrogen) atoms. The van der Waals surface area contributed by atoms with Crippen LogP contribution in [0.1, 0.15) is 56.6 Å². The number of rotatable bonds is 7. The summed E-state index contributed by atoms with van der Waals surface area (Å²) >= 11 is 7.96. The molecule has 9 heteroatoms. The maximum Gasteiger partial charge on any atom is 0.341 e. The summed E-state index contributed by atoms with van der Waals surface area (Å²) in [5, 5.41) is 13.1. The Bertz CT molecular complexity index is 1110. The summed E-state index contributed by atoms with van der Waals surface area (Å²) in [6.45, 7) is 10.6. The van der Waals surface area contributed by atoms with Gasteiger partial charge in [0.05, 0.1) is 18.1 Å². The molecule has 1 saturated carbocycles. The minimum absolute atomic E-state index is 0.129. The van der Waals surface area contributed by atoms with Gasteiger partial charge in [0.25, 0.3) is 5.91 Å². The van der Waals surface area contributed by atoms with Crippen molar-refractivity contribution >= 4 is 40.5 Å². The summed E-state index contributed by atoms with van der Waals surface area (Å²) < 4.78 is 10.9. The number of aliphatic carboxylic acids is 1. The normalized spacial score (nSPS) is 19.6. The number of nitrogens with one attached hydrogen (secondary N) is 1. The number of anilines is 1. The number of thiophene rings is 1. The highest BCUT2D eigenvalue weighted by Gasteiger charge is 2.38. The number of carboxylic acids is 1. The van der Waals surface area contributed by atoms with Gasteiger partial charge in [0, 0.05) is 24.8 Å². The topological polar surface area (TPSA) is 88.1 Å². The van der Waals surface area contributed by atoms with Gasteiger partial charge in [-0.3, -0.25) is 4.79 Å². The van der Waals surface area contributed by atoms with Crippen molar-refractivity contribution in [1.82, 2.24) is 4.90 Å². The quantitative estimate of drug-likeness (QED) is 0.451. The molecule has 7 nitrogen and oxygen atoms in total. The lowest BCUT2D eigenvalue weighted by atomic mass is 9.63. The average Bonchev–Trinajstić information content (AvgIpc) is 3.12. The van der Waals surface area contributed by atoms with Gasteiger partial charge in [0.1, 0.15) is 9.90 Å². The summed E-state index contributed by atoms with van der Waals surface area (Å²) in [6, 6.07) is 8.35. The van der Waals surface area contributed by atoms with Crippen molar-refractivity contribution in [3.8, 4) is 16.2 Å². The SMILES string of the molecule is CC1(C)CC(Nc2cccc(-c3sc(C(=O)N4CCOCC4)c(OCC(=O)O)c3Cl)c2)CC(C)(C)C1. The first-order chi connectivity index (χ1) is 16.9. The minimum Gasteiger partial charge on any atom is -0.479 e. The van der Waals surface area contributed by atoms with Crippen LogP contribution >= 0.6 is 22.9 Å². The predicted molar refractivity (Wildman–Crippen MR) is 143 cm³/mol. The fourth-order valence-electron chi connectivity index (χ4n) is 5.83. The largest absolute Gasteiger partial charge is 0.479 e. The second-order valence-corrected chi connectivity index (χ2v) is 12.7. The van der Waals surface area contributed by atoms with E-state index in [4.69, 9.17) is 26.2 Å². The molecule has 0 bridgehead atoms. The molecule has 0 spiro atoms. The molecule has 2 aliphatic rings. The van der Waals surface area contributed by atoms with E-state index in [-0.39, 0.29) is 27.5 Å².